The Morgan fingerprint density at radius 3 is 2.25 bits per heavy atom. The van der Waals surface area contributed by atoms with Crippen molar-refractivity contribution in [3.63, 3.8) is 0 Å². The lowest BCUT2D eigenvalue weighted by molar-refractivity contribution is 0.224. The summed E-state index contributed by atoms with van der Waals surface area (Å²) in [6.45, 7) is 13.3. The molecule has 0 saturated carbocycles. The number of rotatable bonds is 5. The van der Waals surface area contributed by atoms with E-state index < -0.39 is 8.32 Å². The molecule has 0 heterocycles. The van der Waals surface area contributed by atoms with Gasteiger partial charge in [-0.3, -0.25) is 0 Å². The first-order valence-electron chi connectivity index (χ1n) is 7.40. The molecule has 0 aliphatic heterocycles. The first kappa shape index (κ1) is 17.0. The smallest absolute Gasteiger partial charge is 0.193 e. The molecule has 1 aromatic rings. The fourth-order valence-electron chi connectivity index (χ4n) is 1.80. The molecule has 20 heavy (non-hydrogen) atoms. The molecule has 0 spiro atoms. The van der Waals surface area contributed by atoms with Crippen molar-refractivity contribution in [3.05, 3.63) is 35.9 Å². The van der Waals surface area contributed by atoms with Gasteiger partial charge in [0, 0.05) is 0 Å². The SMILES string of the molecule is CC#CC(CCc1ccccc1)O[Si](C)(C)C(C)(C)C. The summed E-state index contributed by atoms with van der Waals surface area (Å²) in [6.07, 6.45) is 2.05. The molecule has 1 nitrogen and oxygen atoms in total. The van der Waals surface area contributed by atoms with Crippen LogP contribution in [0, 0.1) is 11.8 Å². The van der Waals surface area contributed by atoms with E-state index in [0.717, 1.165) is 12.8 Å². The standard InChI is InChI=1S/C18H28OSi/c1-7-11-17(19-20(5,6)18(2,3)4)15-14-16-12-9-8-10-13-16/h8-10,12-13,17H,14-15H2,1-6H3. The maximum atomic E-state index is 6.43. The normalized spacial score (nSPS) is 13.5. The molecule has 1 atom stereocenters. The Labute approximate surface area is 125 Å². The van der Waals surface area contributed by atoms with E-state index in [2.05, 4.69) is 76.0 Å². The van der Waals surface area contributed by atoms with E-state index in [-0.39, 0.29) is 11.1 Å². The molecule has 2 heteroatoms. The van der Waals surface area contributed by atoms with Crippen LogP contribution in [-0.4, -0.2) is 14.4 Å². The summed E-state index contributed by atoms with van der Waals surface area (Å²) in [5.41, 5.74) is 1.36. The van der Waals surface area contributed by atoms with Crippen LogP contribution in [0.5, 0.6) is 0 Å². The average molecular weight is 289 g/mol. The Morgan fingerprint density at radius 1 is 1.15 bits per heavy atom. The van der Waals surface area contributed by atoms with Gasteiger partial charge >= 0.3 is 0 Å². The van der Waals surface area contributed by atoms with Crippen molar-refractivity contribution in [2.24, 2.45) is 0 Å². The van der Waals surface area contributed by atoms with Gasteiger partial charge in [0.1, 0.15) is 6.10 Å². The lowest BCUT2D eigenvalue weighted by Gasteiger charge is -2.38. The van der Waals surface area contributed by atoms with Gasteiger partial charge in [-0.05, 0) is 43.5 Å². The van der Waals surface area contributed by atoms with E-state index in [4.69, 9.17) is 4.43 Å². The first-order valence-corrected chi connectivity index (χ1v) is 10.3. The fraction of sp³-hybridized carbons (Fsp3) is 0.556. The molecule has 0 N–H and O–H groups in total. The van der Waals surface area contributed by atoms with Crippen molar-refractivity contribution in [1.82, 2.24) is 0 Å². The molecule has 0 aliphatic rings. The van der Waals surface area contributed by atoms with Crippen molar-refractivity contribution in [1.29, 1.82) is 0 Å². The summed E-state index contributed by atoms with van der Waals surface area (Å²) < 4.78 is 6.43. The summed E-state index contributed by atoms with van der Waals surface area (Å²) in [5, 5.41) is 0.230. The van der Waals surface area contributed by atoms with Crippen LogP contribution >= 0.6 is 0 Å². The zero-order valence-corrected chi connectivity index (χ0v) is 14.8. The minimum Gasteiger partial charge on any atom is -0.403 e. The van der Waals surface area contributed by atoms with E-state index in [1.165, 1.54) is 5.56 Å². The van der Waals surface area contributed by atoms with Crippen molar-refractivity contribution in [2.75, 3.05) is 0 Å². The van der Waals surface area contributed by atoms with Crippen molar-refractivity contribution in [3.8, 4) is 11.8 Å². The molecule has 1 unspecified atom stereocenters. The Hall–Kier alpha value is -1.04. The number of hydrogen-bond acceptors (Lipinski definition) is 1. The molecule has 0 fully saturated rings. The minimum atomic E-state index is -1.75. The van der Waals surface area contributed by atoms with Crippen LogP contribution in [0.2, 0.25) is 18.1 Å². The van der Waals surface area contributed by atoms with Crippen molar-refractivity contribution >= 4 is 8.32 Å². The minimum absolute atomic E-state index is 0.0566. The van der Waals surface area contributed by atoms with Gasteiger partial charge in [-0.25, -0.2) is 0 Å². The molecule has 1 aromatic carbocycles. The summed E-state index contributed by atoms with van der Waals surface area (Å²) in [7, 11) is -1.75. The maximum absolute atomic E-state index is 6.43. The molecule has 0 saturated heterocycles. The Morgan fingerprint density at radius 2 is 1.75 bits per heavy atom. The first-order chi connectivity index (χ1) is 9.26. The second-order valence-corrected chi connectivity index (χ2v) is 11.5. The topological polar surface area (TPSA) is 9.23 Å². The monoisotopic (exact) mass is 288 g/mol. The highest BCUT2D eigenvalue weighted by Crippen LogP contribution is 2.37. The fourth-order valence-corrected chi connectivity index (χ4v) is 3.04. The van der Waals surface area contributed by atoms with Crippen molar-refractivity contribution < 1.29 is 4.43 Å². The zero-order chi connectivity index (χ0) is 15.2. The largest absolute Gasteiger partial charge is 0.403 e. The summed E-state index contributed by atoms with van der Waals surface area (Å²) in [6, 6.07) is 10.6. The average Bonchev–Trinajstić information content (AvgIpc) is 2.36. The van der Waals surface area contributed by atoms with Gasteiger partial charge in [-0.15, -0.1) is 5.92 Å². The summed E-state index contributed by atoms with van der Waals surface area (Å²) in [5.74, 6) is 6.27. The Balaban J connectivity index is 2.68. The van der Waals surface area contributed by atoms with E-state index in [0.29, 0.717) is 0 Å². The molecule has 0 aromatic heterocycles. The van der Waals surface area contributed by atoms with Crippen molar-refractivity contribution in [2.45, 2.75) is 64.8 Å². The predicted molar refractivity (Wildman–Crippen MR) is 90.3 cm³/mol. The third-order valence-corrected chi connectivity index (χ3v) is 8.57. The van der Waals surface area contributed by atoms with Gasteiger partial charge in [0.2, 0.25) is 0 Å². The maximum Gasteiger partial charge on any atom is 0.193 e. The van der Waals surface area contributed by atoms with Crippen LogP contribution in [-0.2, 0) is 10.8 Å². The second-order valence-electron chi connectivity index (χ2n) is 6.79. The van der Waals surface area contributed by atoms with Crippen LogP contribution in [0.15, 0.2) is 30.3 Å². The molecule has 0 radical (unpaired) electrons. The van der Waals surface area contributed by atoms with Gasteiger partial charge in [0.05, 0.1) is 0 Å². The van der Waals surface area contributed by atoms with Gasteiger partial charge in [0.25, 0.3) is 0 Å². The van der Waals surface area contributed by atoms with E-state index in [1.54, 1.807) is 0 Å². The van der Waals surface area contributed by atoms with Gasteiger partial charge < -0.3 is 4.43 Å². The third kappa shape index (κ3) is 5.15. The third-order valence-electron chi connectivity index (χ3n) is 4.09. The van der Waals surface area contributed by atoms with E-state index in [1.807, 2.05) is 6.92 Å². The molecular weight excluding hydrogens is 260 g/mol. The van der Waals surface area contributed by atoms with Gasteiger partial charge in [-0.1, -0.05) is 57.0 Å². The highest BCUT2D eigenvalue weighted by atomic mass is 28.4. The highest BCUT2D eigenvalue weighted by Gasteiger charge is 2.38. The lowest BCUT2D eigenvalue weighted by Crippen LogP contribution is -2.43. The van der Waals surface area contributed by atoms with Crippen LogP contribution in [0.25, 0.3) is 0 Å². The molecule has 1 rings (SSSR count). The van der Waals surface area contributed by atoms with Crippen LogP contribution < -0.4 is 0 Å². The molecular formula is C18H28OSi. The number of hydrogen-bond donors (Lipinski definition) is 0. The summed E-state index contributed by atoms with van der Waals surface area (Å²) >= 11 is 0. The van der Waals surface area contributed by atoms with E-state index >= 15 is 0 Å². The molecule has 0 amide bonds. The van der Waals surface area contributed by atoms with Crippen LogP contribution in [0.1, 0.15) is 39.7 Å². The predicted octanol–water partition coefficient (Wildman–Crippen LogP) is 5.03. The van der Waals surface area contributed by atoms with Gasteiger partial charge in [-0.2, -0.15) is 0 Å². The van der Waals surface area contributed by atoms with Gasteiger partial charge in [0.15, 0.2) is 8.32 Å². The molecule has 110 valence electrons. The summed E-state index contributed by atoms with van der Waals surface area (Å²) in [4.78, 5) is 0. The van der Waals surface area contributed by atoms with Crippen LogP contribution in [0.3, 0.4) is 0 Å². The zero-order valence-electron chi connectivity index (χ0n) is 13.8. The number of benzene rings is 1. The Kier molecular flexibility index (Phi) is 6.04. The van der Waals surface area contributed by atoms with E-state index in [9.17, 15) is 0 Å². The lowest BCUT2D eigenvalue weighted by atomic mass is 10.1. The number of aryl methyl sites for hydroxylation is 1. The Bertz CT molecular complexity index is 460. The molecule has 0 aliphatic carbocycles. The van der Waals surface area contributed by atoms with Crippen LogP contribution in [0.4, 0.5) is 0 Å². The molecule has 0 bridgehead atoms. The highest BCUT2D eigenvalue weighted by molar-refractivity contribution is 6.74. The quantitative estimate of drug-likeness (QED) is 0.545. The second kappa shape index (κ2) is 7.11.